The molecule has 6 heteroatoms. The van der Waals surface area contributed by atoms with E-state index < -0.39 is 12.0 Å². The lowest BCUT2D eigenvalue weighted by Gasteiger charge is -2.41. The first-order valence-corrected chi connectivity index (χ1v) is 8.80. The van der Waals surface area contributed by atoms with Crippen LogP contribution in [0.1, 0.15) is 31.4 Å². The summed E-state index contributed by atoms with van der Waals surface area (Å²) in [6.45, 7) is 3.69. The van der Waals surface area contributed by atoms with Crippen LogP contribution in [0.25, 0.3) is 0 Å². The molecule has 0 aliphatic carbocycles. The zero-order valence-electron chi connectivity index (χ0n) is 15.5. The van der Waals surface area contributed by atoms with Crippen LogP contribution in [-0.4, -0.2) is 67.3 Å². The maximum Gasteiger partial charge on any atom is 0.227 e. The van der Waals surface area contributed by atoms with Crippen LogP contribution >= 0.6 is 0 Å². The number of likely N-dealkylation sites (N-methyl/N-ethyl adjacent to an activating group) is 2. The fraction of sp³-hybridized carbons (Fsp3) is 0.579. The SMILES string of the molecule is CCN1C(=O)CC[C@@H](C(=O)N(C)CCN(C)C)[C@@H]1c1ccccc1F. The van der Waals surface area contributed by atoms with Crippen LogP contribution < -0.4 is 0 Å². The molecular formula is C19H28FN3O2. The van der Waals surface area contributed by atoms with Gasteiger partial charge in [0.25, 0.3) is 0 Å². The van der Waals surface area contributed by atoms with E-state index in [1.165, 1.54) is 6.07 Å². The van der Waals surface area contributed by atoms with Crippen molar-refractivity contribution in [1.29, 1.82) is 0 Å². The fourth-order valence-corrected chi connectivity index (χ4v) is 3.43. The highest BCUT2D eigenvalue weighted by Gasteiger charge is 2.41. The number of carbonyl (C=O) groups excluding carboxylic acids is 2. The highest BCUT2D eigenvalue weighted by molar-refractivity contribution is 5.85. The van der Waals surface area contributed by atoms with Crippen molar-refractivity contribution in [3.63, 3.8) is 0 Å². The minimum absolute atomic E-state index is 0.0178. The molecule has 1 fully saturated rings. The molecule has 0 bridgehead atoms. The van der Waals surface area contributed by atoms with Gasteiger partial charge in [-0.3, -0.25) is 9.59 Å². The van der Waals surface area contributed by atoms with Gasteiger partial charge in [0.1, 0.15) is 5.82 Å². The Bertz CT molecular complexity index is 620. The van der Waals surface area contributed by atoms with E-state index in [4.69, 9.17) is 0 Å². The van der Waals surface area contributed by atoms with Crippen molar-refractivity contribution >= 4 is 11.8 Å². The van der Waals surface area contributed by atoms with Crippen molar-refractivity contribution in [2.45, 2.75) is 25.8 Å². The molecule has 25 heavy (non-hydrogen) atoms. The number of hydrogen-bond donors (Lipinski definition) is 0. The first kappa shape index (κ1) is 19.4. The molecule has 0 unspecified atom stereocenters. The Balaban J connectivity index is 2.32. The molecule has 1 saturated heterocycles. The summed E-state index contributed by atoms with van der Waals surface area (Å²) in [5.74, 6) is -0.826. The molecule has 2 atom stereocenters. The lowest BCUT2D eigenvalue weighted by atomic mass is 9.83. The number of likely N-dealkylation sites (tertiary alicyclic amines) is 1. The van der Waals surface area contributed by atoms with E-state index in [2.05, 4.69) is 0 Å². The Hall–Kier alpha value is -1.95. The van der Waals surface area contributed by atoms with Crippen LogP contribution in [0.2, 0.25) is 0 Å². The number of piperidine rings is 1. The van der Waals surface area contributed by atoms with Crippen LogP contribution in [-0.2, 0) is 9.59 Å². The van der Waals surface area contributed by atoms with Gasteiger partial charge in [-0.25, -0.2) is 4.39 Å². The molecule has 0 spiro atoms. The average Bonchev–Trinajstić information content (AvgIpc) is 2.59. The lowest BCUT2D eigenvalue weighted by Crippen LogP contribution is -2.49. The highest BCUT2D eigenvalue weighted by atomic mass is 19.1. The van der Waals surface area contributed by atoms with E-state index in [1.807, 2.05) is 25.9 Å². The molecule has 0 N–H and O–H groups in total. The number of halogens is 1. The summed E-state index contributed by atoms with van der Waals surface area (Å²) in [4.78, 5) is 30.7. The standard InChI is InChI=1S/C19H28FN3O2/c1-5-23-17(24)11-10-15(19(25)22(4)13-12-21(2)3)18(23)14-8-6-7-9-16(14)20/h6-9,15,18H,5,10-13H2,1-4H3/t15-,18+/m1/s1. The number of amides is 2. The lowest BCUT2D eigenvalue weighted by molar-refractivity contribution is -0.147. The molecule has 0 radical (unpaired) electrons. The molecule has 5 nitrogen and oxygen atoms in total. The second kappa shape index (κ2) is 8.43. The van der Waals surface area contributed by atoms with Crippen molar-refractivity contribution in [2.75, 3.05) is 40.8 Å². The van der Waals surface area contributed by atoms with Crippen molar-refractivity contribution in [3.05, 3.63) is 35.6 Å². The van der Waals surface area contributed by atoms with E-state index in [9.17, 15) is 14.0 Å². The smallest absolute Gasteiger partial charge is 0.227 e. The summed E-state index contributed by atoms with van der Waals surface area (Å²) >= 11 is 0. The molecule has 1 aliphatic heterocycles. The van der Waals surface area contributed by atoms with Gasteiger partial charge in [0.2, 0.25) is 11.8 Å². The maximum atomic E-state index is 14.4. The van der Waals surface area contributed by atoms with E-state index in [0.29, 0.717) is 31.5 Å². The summed E-state index contributed by atoms with van der Waals surface area (Å²) < 4.78 is 14.4. The molecule has 0 saturated carbocycles. The minimum Gasteiger partial charge on any atom is -0.344 e. The monoisotopic (exact) mass is 349 g/mol. The van der Waals surface area contributed by atoms with Gasteiger partial charge in [0, 0.05) is 38.7 Å². The van der Waals surface area contributed by atoms with Crippen molar-refractivity contribution in [3.8, 4) is 0 Å². The van der Waals surface area contributed by atoms with Gasteiger partial charge in [0.15, 0.2) is 0 Å². The van der Waals surface area contributed by atoms with Gasteiger partial charge in [-0.2, -0.15) is 0 Å². The van der Waals surface area contributed by atoms with E-state index in [1.54, 1.807) is 35.0 Å². The van der Waals surface area contributed by atoms with Crippen LogP contribution in [0.5, 0.6) is 0 Å². The molecule has 1 aliphatic rings. The number of carbonyl (C=O) groups is 2. The number of nitrogens with zero attached hydrogens (tertiary/aromatic N) is 3. The molecule has 138 valence electrons. The van der Waals surface area contributed by atoms with Crippen LogP contribution in [0, 0.1) is 11.7 Å². The fourth-order valence-electron chi connectivity index (χ4n) is 3.43. The van der Waals surface area contributed by atoms with Crippen LogP contribution in [0.4, 0.5) is 4.39 Å². The van der Waals surface area contributed by atoms with E-state index in [0.717, 1.165) is 6.54 Å². The van der Waals surface area contributed by atoms with Crippen molar-refractivity contribution in [1.82, 2.24) is 14.7 Å². The van der Waals surface area contributed by atoms with Crippen LogP contribution in [0.15, 0.2) is 24.3 Å². The quantitative estimate of drug-likeness (QED) is 0.790. The second-order valence-corrected chi connectivity index (χ2v) is 6.85. The third-order valence-electron chi connectivity index (χ3n) is 4.85. The maximum absolute atomic E-state index is 14.4. The Morgan fingerprint density at radius 3 is 2.52 bits per heavy atom. The zero-order valence-corrected chi connectivity index (χ0v) is 15.5. The molecule has 2 rings (SSSR count). The van der Waals surface area contributed by atoms with Gasteiger partial charge in [-0.1, -0.05) is 18.2 Å². The normalized spacial score (nSPS) is 20.9. The number of hydrogen-bond acceptors (Lipinski definition) is 3. The number of benzene rings is 1. The number of rotatable bonds is 6. The minimum atomic E-state index is -0.540. The van der Waals surface area contributed by atoms with Gasteiger partial charge in [-0.15, -0.1) is 0 Å². The van der Waals surface area contributed by atoms with Gasteiger partial charge in [-0.05, 0) is 33.5 Å². The summed E-state index contributed by atoms with van der Waals surface area (Å²) in [6.07, 6.45) is 0.788. The molecular weight excluding hydrogens is 321 g/mol. The van der Waals surface area contributed by atoms with Gasteiger partial charge in [0.05, 0.1) is 12.0 Å². The summed E-state index contributed by atoms with van der Waals surface area (Å²) in [5.41, 5.74) is 0.428. The molecule has 0 aromatic heterocycles. The summed E-state index contributed by atoms with van der Waals surface area (Å²) in [6, 6.07) is 5.91. The summed E-state index contributed by atoms with van der Waals surface area (Å²) in [5, 5.41) is 0. The molecule has 1 aromatic rings. The molecule has 2 amide bonds. The topological polar surface area (TPSA) is 43.9 Å². The van der Waals surface area contributed by atoms with Crippen LogP contribution in [0.3, 0.4) is 0 Å². The van der Waals surface area contributed by atoms with Crippen molar-refractivity contribution in [2.24, 2.45) is 5.92 Å². The Morgan fingerprint density at radius 1 is 1.24 bits per heavy atom. The third kappa shape index (κ3) is 4.37. The first-order valence-electron chi connectivity index (χ1n) is 8.80. The third-order valence-corrected chi connectivity index (χ3v) is 4.85. The Morgan fingerprint density at radius 2 is 1.92 bits per heavy atom. The first-order chi connectivity index (χ1) is 11.9. The Labute approximate surface area is 149 Å². The zero-order chi connectivity index (χ0) is 18.6. The molecule has 1 aromatic carbocycles. The predicted octanol–water partition coefficient (Wildman–Crippen LogP) is 2.15. The summed E-state index contributed by atoms with van der Waals surface area (Å²) in [7, 11) is 5.69. The average molecular weight is 349 g/mol. The van der Waals surface area contributed by atoms with E-state index >= 15 is 0 Å². The van der Waals surface area contributed by atoms with Gasteiger partial charge >= 0.3 is 0 Å². The second-order valence-electron chi connectivity index (χ2n) is 6.85. The van der Waals surface area contributed by atoms with E-state index in [-0.39, 0.29) is 17.6 Å². The van der Waals surface area contributed by atoms with Crippen molar-refractivity contribution < 1.29 is 14.0 Å². The molecule has 1 heterocycles. The predicted molar refractivity (Wildman–Crippen MR) is 95.4 cm³/mol. The highest BCUT2D eigenvalue weighted by Crippen LogP contribution is 2.38. The van der Waals surface area contributed by atoms with Gasteiger partial charge < -0.3 is 14.7 Å². The largest absolute Gasteiger partial charge is 0.344 e. The Kier molecular flexibility index (Phi) is 6.53.